The number of likely N-dealkylation sites (N-methyl/N-ethyl adjacent to an activating group) is 1. The van der Waals surface area contributed by atoms with Crippen LogP contribution in [0.4, 0.5) is 0 Å². The van der Waals surface area contributed by atoms with Crippen LogP contribution in [0.2, 0.25) is 0 Å². The zero-order chi connectivity index (χ0) is 16.9. The van der Waals surface area contributed by atoms with Gasteiger partial charge in [0.2, 0.25) is 0 Å². The molecule has 0 fully saturated rings. The molecule has 3 heterocycles. The third-order valence-electron chi connectivity index (χ3n) is 4.63. The Morgan fingerprint density at radius 3 is 3.12 bits per heavy atom. The SMILES string of the molecule is CN=C(NCC1CCc2nnc(C)n2C1)N(C)CCc1cccs1. The lowest BCUT2D eigenvalue weighted by Gasteiger charge is -2.27. The van der Waals surface area contributed by atoms with Crippen LogP contribution < -0.4 is 5.32 Å². The van der Waals surface area contributed by atoms with Gasteiger partial charge in [-0.1, -0.05) is 6.07 Å². The second kappa shape index (κ2) is 7.79. The Balaban J connectivity index is 1.48. The fraction of sp³-hybridized carbons (Fsp3) is 0.588. The molecule has 1 atom stereocenters. The summed E-state index contributed by atoms with van der Waals surface area (Å²) in [6, 6.07) is 4.30. The highest BCUT2D eigenvalue weighted by atomic mass is 32.1. The molecule has 0 saturated heterocycles. The smallest absolute Gasteiger partial charge is 0.193 e. The van der Waals surface area contributed by atoms with Gasteiger partial charge in [0.15, 0.2) is 5.96 Å². The molecule has 0 radical (unpaired) electrons. The molecule has 130 valence electrons. The van der Waals surface area contributed by atoms with Gasteiger partial charge in [-0.25, -0.2) is 0 Å². The van der Waals surface area contributed by atoms with Crippen molar-refractivity contribution in [2.75, 3.05) is 27.2 Å². The van der Waals surface area contributed by atoms with Gasteiger partial charge in [0.1, 0.15) is 11.6 Å². The third-order valence-corrected chi connectivity index (χ3v) is 5.56. The van der Waals surface area contributed by atoms with E-state index in [0.717, 1.165) is 56.5 Å². The average molecular weight is 347 g/mol. The summed E-state index contributed by atoms with van der Waals surface area (Å²) in [5.74, 6) is 3.71. The van der Waals surface area contributed by atoms with Crippen LogP contribution in [-0.4, -0.2) is 52.8 Å². The fourth-order valence-electron chi connectivity index (χ4n) is 3.16. The number of nitrogens with one attached hydrogen (secondary N) is 1. The number of hydrogen-bond acceptors (Lipinski definition) is 4. The number of aliphatic imine (C=N–C) groups is 1. The highest BCUT2D eigenvalue weighted by Crippen LogP contribution is 2.19. The van der Waals surface area contributed by atoms with Gasteiger partial charge < -0.3 is 14.8 Å². The van der Waals surface area contributed by atoms with Gasteiger partial charge in [0.25, 0.3) is 0 Å². The van der Waals surface area contributed by atoms with Crippen molar-refractivity contribution >= 4 is 17.3 Å². The maximum atomic E-state index is 4.43. The molecule has 0 aromatic carbocycles. The van der Waals surface area contributed by atoms with E-state index in [-0.39, 0.29) is 0 Å². The van der Waals surface area contributed by atoms with Crippen LogP contribution >= 0.6 is 11.3 Å². The van der Waals surface area contributed by atoms with Crippen LogP contribution in [0, 0.1) is 12.8 Å². The Morgan fingerprint density at radius 2 is 2.38 bits per heavy atom. The molecule has 1 N–H and O–H groups in total. The molecule has 2 aromatic heterocycles. The molecule has 24 heavy (non-hydrogen) atoms. The highest BCUT2D eigenvalue weighted by Gasteiger charge is 2.21. The van der Waals surface area contributed by atoms with Gasteiger partial charge in [-0.3, -0.25) is 4.99 Å². The monoisotopic (exact) mass is 346 g/mol. The molecule has 1 aliphatic rings. The predicted molar refractivity (Wildman–Crippen MR) is 98.6 cm³/mol. The van der Waals surface area contributed by atoms with Crippen molar-refractivity contribution in [3.05, 3.63) is 34.0 Å². The lowest BCUT2D eigenvalue weighted by Crippen LogP contribution is -2.43. The number of aromatic nitrogens is 3. The summed E-state index contributed by atoms with van der Waals surface area (Å²) in [7, 11) is 3.96. The normalized spacial score (nSPS) is 17.6. The molecule has 0 aliphatic carbocycles. The van der Waals surface area contributed by atoms with Crippen LogP contribution in [0.15, 0.2) is 22.5 Å². The largest absolute Gasteiger partial charge is 0.356 e. The van der Waals surface area contributed by atoms with Crippen molar-refractivity contribution in [1.82, 2.24) is 25.0 Å². The first-order chi connectivity index (χ1) is 11.7. The highest BCUT2D eigenvalue weighted by molar-refractivity contribution is 7.09. The van der Waals surface area contributed by atoms with Gasteiger partial charge in [-0.2, -0.15) is 0 Å². The topological polar surface area (TPSA) is 58.3 Å². The maximum Gasteiger partial charge on any atom is 0.193 e. The summed E-state index contributed by atoms with van der Waals surface area (Å²) >= 11 is 1.81. The first-order valence-electron chi connectivity index (χ1n) is 8.50. The van der Waals surface area contributed by atoms with E-state index in [1.54, 1.807) is 0 Å². The molecule has 2 aromatic rings. The predicted octanol–water partition coefficient (Wildman–Crippen LogP) is 1.96. The summed E-state index contributed by atoms with van der Waals surface area (Å²) in [6.07, 6.45) is 3.22. The quantitative estimate of drug-likeness (QED) is 0.664. The van der Waals surface area contributed by atoms with Crippen LogP contribution in [-0.2, 0) is 19.4 Å². The number of nitrogens with zero attached hydrogens (tertiary/aromatic N) is 5. The van der Waals surface area contributed by atoms with Crippen molar-refractivity contribution in [3.8, 4) is 0 Å². The van der Waals surface area contributed by atoms with Crippen LogP contribution in [0.5, 0.6) is 0 Å². The zero-order valence-corrected chi connectivity index (χ0v) is 15.5. The van der Waals surface area contributed by atoms with Crippen molar-refractivity contribution in [1.29, 1.82) is 0 Å². The van der Waals surface area contributed by atoms with E-state index in [1.807, 2.05) is 25.3 Å². The van der Waals surface area contributed by atoms with Gasteiger partial charge in [-0.15, -0.1) is 21.5 Å². The van der Waals surface area contributed by atoms with E-state index < -0.39 is 0 Å². The lowest BCUT2D eigenvalue weighted by atomic mass is 9.99. The molecule has 0 amide bonds. The lowest BCUT2D eigenvalue weighted by molar-refractivity contribution is 0.353. The second-order valence-corrected chi connectivity index (χ2v) is 7.39. The standard InChI is InChI=1S/C17H26N6S/c1-13-20-21-16-7-6-14(12-23(13)16)11-19-17(18-2)22(3)9-8-15-5-4-10-24-15/h4-5,10,14H,6-9,11-12H2,1-3H3,(H,18,19). The maximum absolute atomic E-state index is 4.43. The molecule has 0 saturated carbocycles. The van der Waals surface area contributed by atoms with E-state index in [4.69, 9.17) is 0 Å². The Morgan fingerprint density at radius 1 is 1.50 bits per heavy atom. The van der Waals surface area contributed by atoms with Gasteiger partial charge in [-0.05, 0) is 37.1 Å². The van der Waals surface area contributed by atoms with Crippen LogP contribution in [0.25, 0.3) is 0 Å². The minimum Gasteiger partial charge on any atom is -0.356 e. The van der Waals surface area contributed by atoms with E-state index in [9.17, 15) is 0 Å². The van der Waals surface area contributed by atoms with E-state index in [2.05, 4.69) is 54.5 Å². The van der Waals surface area contributed by atoms with Gasteiger partial charge in [0, 0.05) is 45.0 Å². The molecule has 6 nitrogen and oxygen atoms in total. The molecule has 3 rings (SSSR count). The number of fused-ring (bicyclic) bond motifs is 1. The number of hydrogen-bond donors (Lipinski definition) is 1. The number of rotatable bonds is 5. The van der Waals surface area contributed by atoms with E-state index in [1.165, 1.54) is 4.88 Å². The van der Waals surface area contributed by atoms with E-state index >= 15 is 0 Å². The number of guanidine groups is 1. The minimum atomic E-state index is 0.592. The summed E-state index contributed by atoms with van der Waals surface area (Å²) in [6.45, 7) is 4.94. The fourth-order valence-corrected chi connectivity index (χ4v) is 3.85. The average Bonchev–Trinajstić information content (AvgIpc) is 3.24. The van der Waals surface area contributed by atoms with Gasteiger partial charge >= 0.3 is 0 Å². The molecule has 0 bridgehead atoms. The molecule has 7 heteroatoms. The second-order valence-electron chi connectivity index (χ2n) is 6.36. The first kappa shape index (κ1) is 17.0. The number of aryl methyl sites for hydroxylation is 2. The third kappa shape index (κ3) is 3.95. The summed E-state index contributed by atoms with van der Waals surface area (Å²) in [4.78, 5) is 8.05. The molecule has 0 spiro atoms. The van der Waals surface area contributed by atoms with Crippen molar-refractivity contribution in [2.24, 2.45) is 10.9 Å². The van der Waals surface area contributed by atoms with Crippen LogP contribution in [0.3, 0.4) is 0 Å². The Hall–Kier alpha value is -1.89. The van der Waals surface area contributed by atoms with Crippen molar-refractivity contribution in [3.63, 3.8) is 0 Å². The van der Waals surface area contributed by atoms with E-state index in [0.29, 0.717) is 5.92 Å². The molecular weight excluding hydrogens is 320 g/mol. The molecule has 1 unspecified atom stereocenters. The number of thiophene rings is 1. The molecular formula is C17H26N6S. The Bertz CT molecular complexity index is 675. The van der Waals surface area contributed by atoms with Crippen molar-refractivity contribution in [2.45, 2.75) is 32.7 Å². The summed E-state index contributed by atoms with van der Waals surface area (Å²) in [5.41, 5.74) is 0. The Kier molecular flexibility index (Phi) is 5.50. The Labute approximate surface area is 147 Å². The van der Waals surface area contributed by atoms with Crippen LogP contribution in [0.1, 0.15) is 22.9 Å². The summed E-state index contributed by atoms with van der Waals surface area (Å²) < 4.78 is 2.25. The zero-order valence-electron chi connectivity index (χ0n) is 14.7. The van der Waals surface area contributed by atoms with Gasteiger partial charge in [0.05, 0.1) is 0 Å². The first-order valence-corrected chi connectivity index (χ1v) is 9.38. The summed E-state index contributed by atoms with van der Waals surface area (Å²) in [5, 5.41) is 14.1. The van der Waals surface area contributed by atoms with Crippen molar-refractivity contribution < 1.29 is 0 Å². The minimum absolute atomic E-state index is 0.592. The molecule has 1 aliphatic heterocycles.